The van der Waals surface area contributed by atoms with E-state index >= 15 is 4.79 Å². The van der Waals surface area contributed by atoms with Gasteiger partial charge in [0.15, 0.2) is 13.9 Å². The van der Waals surface area contributed by atoms with Gasteiger partial charge < -0.3 is 44.5 Å². The summed E-state index contributed by atoms with van der Waals surface area (Å²) in [4.78, 5) is 71.0. The molecule has 5 aromatic rings. The van der Waals surface area contributed by atoms with Gasteiger partial charge in [-0.3, -0.25) is 19.2 Å². The van der Waals surface area contributed by atoms with Gasteiger partial charge >= 0.3 is 0 Å². The molecule has 1 fully saturated rings. The Bertz CT molecular complexity index is 2410. The zero-order valence-electron chi connectivity index (χ0n) is 35.5. The Morgan fingerprint density at radius 1 is 0.790 bits per heavy atom. The molecule has 62 heavy (non-hydrogen) atoms. The normalized spacial score (nSPS) is 19.2. The highest BCUT2D eigenvalue weighted by Crippen LogP contribution is 2.60. The Labute approximate surface area is 362 Å². The number of hydrogen-bond acceptors (Lipinski definition) is 9. The first-order valence-electron chi connectivity index (χ1n) is 20.5. The van der Waals surface area contributed by atoms with Crippen LogP contribution in [0.15, 0.2) is 121 Å². The van der Waals surface area contributed by atoms with Gasteiger partial charge in [0.25, 0.3) is 17.7 Å². The minimum absolute atomic E-state index is 0.0997. The van der Waals surface area contributed by atoms with E-state index < -0.39 is 31.5 Å². The van der Waals surface area contributed by atoms with Crippen molar-refractivity contribution in [2.24, 2.45) is 5.92 Å². The fourth-order valence-electron chi connectivity index (χ4n) is 8.80. The third-order valence-corrected chi connectivity index (χ3v) is 14.3. The first-order chi connectivity index (χ1) is 29.7. The summed E-state index contributed by atoms with van der Waals surface area (Å²) in [5.41, 5.74) is 2.44. The van der Waals surface area contributed by atoms with Crippen LogP contribution >= 0.6 is 0 Å². The lowest BCUT2D eigenvalue weighted by atomic mass is 9.82. The maximum absolute atomic E-state index is 15.3. The smallest absolute Gasteiger partial charge is 0.264 e. The number of hydrogen-bond donors (Lipinski definition) is 4. The number of carbonyl (C=O) groups is 4. The molecule has 1 saturated heterocycles. The van der Waals surface area contributed by atoms with E-state index in [9.17, 15) is 24.3 Å². The van der Waals surface area contributed by atoms with Crippen LogP contribution in [0, 0.1) is 5.92 Å². The van der Waals surface area contributed by atoms with Gasteiger partial charge in [0.2, 0.25) is 5.91 Å². The second-order valence-electron chi connectivity index (χ2n) is 16.3. The summed E-state index contributed by atoms with van der Waals surface area (Å²) >= 11 is 0. The number of methoxy groups -OCH3 is 2. The van der Waals surface area contributed by atoms with Crippen LogP contribution in [0.5, 0.6) is 11.5 Å². The van der Waals surface area contributed by atoms with Crippen molar-refractivity contribution in [1.82, 2.24) is 4.90 Å². The average molecular weight is 857 g/mol. The predicted molar refractivity (Wildman–Crippen MR) is 239 cm³/mol. The molecule has 0 radical (unpaired) electrons. The predicted octanol–water partition coefficient (Wildman–Crippen LogP) is 6.96. The van der Waals surface area contributed by atoms with Gasteiger partial charge in [0.1, 0.15) is 11.5 Å². The van der Waals surface area contributed by atoms with Crippen molar-refractivity contribution in [2.75, 3.05) is 42.9 Å². The van der Waals surface area contributed by atoms with E-state index in [4.69, 9.17) is 14.2 Å². The van der Waals surface area contributed by atoms with Gasteiger partial charge in [-0.15, -0.1) is 0 Å². The molecule has 5 aromatic carbocycles. The van der Waals surface area contributed by atoms with Crippen LogP contribution in [0.25, 0.3) is 0 Å². The SMILES string of the molecule is COc1ccc(C(=O)Nc2ccc(CN3C(=O)[C@]4(O[C@H](CC(=O)N(CCO)Cc5ccccc5)[C@@H]([Si](C)(C)O)[C@@H]4C)c4cc(NC(=O)c5ccc(OC)cc5)ccc43)cc2)cc1. The number of amides is 4. The zero-order valence-corrected chi connectivity index (χ0v) is 36.5. The van der Waals surface area contributed by atoms with E-state index in [-0.39, 0.29) is 56.3 Å². The number of ether oxygens (including phenoxy) is 3. The zero-order chi connectivity index (χ0) is 44.2. The van der Waals surface area contributed by atoms with Crippen molar-refractivity contribution in [3.8, 4) is 11.5 Å². The molecule has 14 heteroatoms. The summed E-state index contributed by atoms with van der Waals surface area (Å²) in [6, 6.07) is 35.5. The Balaban J connectivity index is 1.21. The molecular weight excluding hydrogens is 805 g/mol. The number of nitrogens with one attached hydrogen (secondary N) is 2. The molecule has 13 nitrogen and oxygen atoms in total. The van der Waals surface area contributed by atoms with E-state index in [2.05, 4.69) is 10.6 Å². The molecule has 2 aliphatic rings. The van der Waals surface area contributed by atoms with Crippen molar-refractivity contribution in [3.63, 3.8) is 0 Å². The second kappa shape index (κ2) is 18.3. The first kappa shape index (κ1) is 43.8. The largest absolute Gasteiger partial charge is 0.497 e. The Morgan fingerprint density at radius 3 is 1.90 bits per heavy atom. The third-order valence-electron chi connectivity index (χ3n) is 11.8. The lowest BCUT2D eigenvalue weighted by molar-refractivity contribution is -0.150. The minimum atomic E-state index is -3.16. The van der Waals surface area contributed by atoms with Crippen molar-refractivity contribution in [2.45, 2.75) is 56.8 Å². The molecule has 0 aromatic heterocycles. The highest BCUT2D eigenvalue weighted by atomic mass is 28.4. The number of nitrogens with zero attached hydrogens (tertiary/aromatic N) is 2. The van der Waals surface area contributed by atoms with Gasteiger partial charge in [0, 0.05) is 52.6 Å². The molecule has 7 rings (SSSR count). The van der Waals surface area contributed by atoms with Crippen LogP contribution in [0.1, 0.15) is 50.8 Å². The molecule has 322 valence electrons. The quantitative estimate of drug-likeness (QED) is 0.0814. The van der Waals surface area contributed by atoms with Crippen molar-refractivity contribution >= 4 is 49.0 Å². The number of fused-ring (bicyclic) bond motifs is 2. The number of anilines is 3. The van der Waals surface area contributed by atoms with E-state index in [1.54, 1.807) is 116 Å². The summed E-state index contributed by atoms with van der Waals surface area (Å²) in [7, 11) is -0.0543. The number of rotatable bonds is 15. The summed E-state index contributed by atoms with van der Waals surface area (Å²) in [5, 5.41) is 15.8. The summed E-state index contributed by atoms with van der Waals surface area (Å²) in [6.07, 6.45) is -0.968. The van der Waals surface area contributed by atoms with Crippen molar-refractivity contribution in [1.29, 1.82) is 0 Å². The van der Waals surface area contributed by atoms with Crippen molar-refractivity contribution in [3.05, 3.63) is 149 Å². The van der Waals surface area contributed by atoms with Crippen LogP contribution in [0.3, 0.4) is 0 Å². The van der Waals surface area contributed by atoms with Crippen LogP contribution in [-0.2, 0) is 33.0 Å². The highest BCUT2D eigenvalue weighted by Gasteiger charge is 2.66. The monoisotopic (exact) mass is 856 g/mol. The second-order valence-corrected chi connectivity index (χ2v) is 20.2. The van der Waals surface area contributed by atoms with Gasteiger partial charge in [-0.25, -0.2) is 0 Å². The Hall–Kier alpha value is -6.32. The molecule has 2 aliphatic heterocycles. The topological polar surface area (TPSA) is 167 Å². The van der Waals surface area contributed by atoms with Gasteiger partial charge in [-0.1, -0.05) is 49.4 Å². The van der Waals surface area contributed by atoms with Crippen LogP contribution in [-0.4, -0.2) is 80.2 Å². The molecule has 0 unspecified atom stereocenters. The average Bonchev–Trinajstić information content (AvgIpc) is 3.69. The van der Waals surface area contributed by atoms with Gasteiger partial charge in [0.05, 0.1) is 45.6 Å². The summed E-state index contributed by atoms with van der Waals surface area (Å²) in [6.45, 7) is 5.75. The van der Waals surface area contributed by atoms with Crippen LogP contribution in [0.2, 0.25) is 18.6 Å². The molecule has 0 saturated carbocycles. The van der Waals surface area contributed by atoms with Crippen molar-refractivity contribution < 1.29 is 43.3 Å². The minimum Gasteiger partial charge on any atom is -0.497 e. The van der Waals surface area contributed by atoms with Crippen LogP contribution < -0.4 is 25.0 Å². The highest BCUT2D eigenvalue weighted by molar-refractivity contribution is 6.71. The first-order valence-corrected chi connectivity index (χ1v) is 23.6. The molecule has 2 heterocycles. The number of benzene rings is 5. The summed E-state index contributed by atoms with van der Waals surface area (Å²) < 4.78 is 17.5. The number of aliphatic hydroxyl groups excluding tert-OH is 1. The van der Waals surface area contributed by atoms with Gasteiger partial charge in [-0.05, 0) is 103 Å². The maximum atomic E-state index is 15.3. The molecule has 4 amide bonds. The Morgan fingerprint density at radius 2 is 1.35 bits per heavy atom. The molecule has 1 spiro atoms. The maximum Gasteiger partial charge on any atom is 0.264 e. The summed E-state index contributed by atoms with van der Waals surface area (Å²) in [5.74, 6) is -0.624. The molecular formula is C48H52N4O9Si. The van der Waals surface area contributed by atoms with E-state index in [1.165, 1.54) is 0 Å². The fourth-order valence-corrected chi connectivity index (χ4v) is 11.4. The molecule has 0 aliphatic carbocycles. The molecule has 4 N–H and O–H groups in total. The van der Waals surface area contributed by atoms with Crippen LogP contribution in [0.4, 0.5) is 17.1 Å². The Kier molecular flexibility index (Phi) is 12.9. The standard InChI is InChI=1S/C48H52N4O9Si/c1-31-44(62(4,5)58)42(28-43(54)51(25-26-53)29-32-9-7-6-8-10-32)61-48(31)40-27-37(50-46(56)35-15-22-39(60-3)23-16-35)19-24-41(40)52(47(48)57)30-33-11-17-36(18-12-33)49-45(55)34-13-20-38(59-2)21-14-34/h6-24,27,31,42,44,53,58H,25-26,28-30H2,1-5H3,(H,49,55)(H,50,56)/t31-,42+,44-,48+/m0/s1. The van der Waals surface area contributed by atoms with E-state index in [1.807, 2.05) is 49.4 Å². The lowest BCUT2D eigenvalue weighted by Gasteiger charge is -2.32. The number of carbonyl (C=O) groups excluding carboxylic acids is 4. The number of aliphatic hydroxyl groups is 1. The molecule has 4 atom stereocenters. The third kappa shape index (κ3) is 9.00. The molecule has 0 bridgehead atoms. The lowest BCUT2D eigenvalue weighted by Crippen LogP contribution is -2.46. The van der Waals surface area contributed by atoms with E-state index in [0.717, 1.165) is 11.1 Å². The fraction of sp³-hybridized carbons (Fsp3) is 0.292. The van der Waals surface area contributed by atoms with Gasteiger partial charge in [-0.2, -0.15) is 0 Å². The van der Waals surface area contributed by atoms with E-state index in [0.29, 0.717) is 45.3 Å².